The molecule has 158 valence electrons. The normalized spacial score (nSPS) is 14.5. The molecule has 10 heteroatoms. The Balaban J connectivity index is 0.00000272. The third-order valence-corrected chi connectivity index (χ3v) is 6.27. The summed E-state index contributed by atoms with van der Waals surface area (Å²) in [5.41, 5.74) is 0.912. The van der Waals surface area contributed by atoms with Crippen molar-refractivity contribution in [3.05, 3.63) is 61.9 Å². The molecule has 4 rings (SSSR count). The summed E-state index contributed by atoms with van der Waals surface area (Å²) in [6.07, 6.45) is -0.273. The van der Waals surface area contributed by atoms with Gasteiger partial charge in [-0.15, -0.1) is 11.3 Å². The number of rotatable bonds is 7. The predicted molar refractivity (Wildman–Crippen MR) is 115 cm³/mol. The van der Waals surface area contributed by atoms with Gasteiger partial charge in [-0.25, -0.2) is 4.79 Å². The molecule has 1 aromatic carbocycles. The van der Waals surface area contributed by atoms with Gasteiger partial charge in [0.1, 0.15) is 0 Å². The number of thiophene rings is 1. The van der Waals surface area contributed by atoms with Crippen LogP contribution in [0.15, 0.2) is 50.7 Å². The Bertz CT molecular complexity index is 1150. The van der Waals surface area contributed by atoms with Crippen LogP contribution in [-0.2, 0) is 17.9 Å². The summed E-state index contributed by atoms with van der Waals surface area (Å²) in [4.78, 5) is 41.2. The maximum Gasteiger partial charge on any atom is 1.00 e. The zero-order valence-corrected chi connectivity index (χ0v) is 20.3. The number of benzene rings is 1. The molecule has 1 aliphatic heterocycles. The molecule has 1 saturated heterocycles. The van der Waals surface area contributed by atoms with Crippen LogP contribution < -0.4 is 50.8 Å². The first-order valence-electron chi connectivity index (χ1n) is 9.96. The summed E-state index contributed by atoms with van der Waals surface area (Å²) >= 11 is 1.33. The van der Waals surface area contributed by atoms with Crippen LogP contribution in [0, 0.1) is 0 Å². The van der Waals surface area contributed by atoms with Gasteiger partial charge in [0, 0.05) is 74.7 Å². The summed E-state index contributed by atoms with van der Waals surface area (Å²) in [6.45, 7) is 4.33. The van der Waals surface area contributed by atoms with Gasteiger partial charge in [0.15, 0.2) is 0 Å². The fourth-order valence-corrected chi connectivity index (χ4v) is 4.68. The van der Waals surface area contributed by atoms with Crippen LogP contribution >= 0.6 is 11.3 Å². The Hall–Kier alpha value is -1.91. The third kappa shape index (κ3) is 5.30. The molecule has 0 unspecified atom stereocenters. The number of nitrogens with zero attached hydrogens (tertiary/aromatic N) is 4. The van der Waals surface area contributed by atoms with Gasteiger partial charge in [-0.05, 0) is 12.1 Å². The van der Waals surface area contributed by atoms with Crippen LogP contribution in [0.5, 0.6) is 0 Å². The number of carbonyl (C=O) groups is 1. The molecule has 0 aliphatic carbocycles. The molecule has 2 aromatic heterocycles. The Morgan fingerprint density at radius 1 is 0.935 bits per heavy atom. The number of carboxylic acids is 1. The summed E-state index contributed by atoms with van der Waals surface area (Å²) in [6, 6.07) is 10.3. The first-order valence-corrected chi connectivity index (χ1v) is 10.9. The Morgan fingerprint density at radius 3 is 2.32 bits per heavy atom. The van der Waals surface area contributed by atoms with Crippen molar-refractivity contribution in [3.63, 3.8) is 0 Å². The number of aliphatic carboxylic acids is 1. The average molecular weight is 450 g/mol. The SMILES string of the molecule is O=C([O-])CCn1c(=O)n(CCN2CCN(c3ccccc3)CC2)c(=O)c2cscc21.[Na+]. The van der Waals surface area contributed by atoms with E-state index in [0.717, 1.165) is 26.2 Å². The van der Waals surface area contributed by atoms with Crippen molar-refractivity contribution in [3.8, 4) is 0 Å². The van der Waals surface area contributed by atoms with E-state index >= 15 is 0 Å². The maximum absolute atomic E-state index is 12.9. The molecule has 1 aliphatic rings. The molecule has 0 saturated carbocycles. The smallest absolute Gasteiger partial charge is 0.550 e. The quantitative estimate of drug-likeness (QED) is 0.361. The molecule has 3 aromatic rings. The molecular formula is C21H23N4NaO4S. The van der Waals surface area contributed by atoms with Crippen LogP contribution in [0.4, 0.5) is 5.69 Å². The Morgan fingerprint density at radius 2 is 1.65 bits per heavy atom. The number of hydrogen-bond acceptors (Lipinski definition) is 7. The summed E-state index contributed by atoms with van der Waals surface area (Å²) < 4.78 is 2.60. The zero-order valence-electron chi connectivity index (χ0n) is 17.5. The van der Waals surface area contributed by atoms with Crippen molar-refractivity contribution in [2.24, 2.45) is 0 Å². The fourth-order valence-electron chi connectivity index (χ4n) is 3.87. The van der Waals surface area contributed by atoms with E-state index in [-0.39, 0.29) is 54.6 Å². The second-order valence-corrected chi connectivity index (χ2v) is 8.09. The van der Waals surface area contributed by atoms with E-state index in [4.69, 9.17) is 0 Å². The van der Waals surface area contributed by atoms with Crippen molar-refractivity contribution < 1.29 is 39.5 Å². The molecule has 8 nitrogen and oxygen atoms in total. The molecule has 0 radical (unpaired) electrons. The zero-order chi connectivity index (χ0) is 21.1. The molecule has 3 heterocycles. The van der Waals surface area contributed by atoms with Gasteiger partial charge in [0.05, 0.1) is 10.9 Å². The van der Waals surface area contributed by atoms with Crippen LogP contribution in [0.2, 0.25) is 0 Å². The number of anilines is 1. The van der Waals surface area contributed by atoms with Crippen LogP contribution in [0.1, 0.15) is 6.42 Å². The van der Waals surface area contributed by atoms with Gasteiger partial charge < -0.3 is 14.8 Å². The first-order chi connectivity index (χ1) is 14.5. The number of fused-ring (bicyclic) bond motifs is 1. The minimum absolute atomic E-state index is 0. The molecule has 0 N–H and O–H groups in total. The summed E-state index contributed by atoms with van der Waals surface area (Å²) in [5.74, 6) is -1.22. The van der Waals surface area contributed by atoms with Crippen molar-refractivity contribution in [1.29, 1.82) is 0 Å². The van der Waals surface area contributed by atoms with Gasteiger partial charge in [-0.2, -0.15) is 0 Å². The second kappa shape index (κ2) is 10.6. The number of carboxylic acid groups (broad SMARTS) is 1. The maximum atomic E-state index is 12.9. The minimum Gasteiger partial charge on any atom is -0.550 e. The van der Waals surface area contributed by atoms with E-state index in [0.29, 0.717) is 17.4 Å². The van der Waals surface area contributed by atoms with Crippen LogP contribution in [0.3, 0.4) is 0 Å². The molecule has 1 fully saturated rings. The molecule has 0 amide bonds. The van der Waals surface area contributed by atoms with Crippen LogP contribution in [0.25, 0.3) is 10.9 Å². The summed E-state index contributed by atoms with van der Waals surface area (Å²) in [5, 5.41) is 14.7. The number of aryl methyl sites for hydroxylation is 1. The van der Waals surface area contributed by atoms with E-state index in [2.05, 4.69) is 21.9 Å². The standard InChI is InChI=1S/C21H24N4O4S.Na/c26-19(27)6-7-24-18-15-30-14-17(18)20(28)25(21(24)29)13-10-22-8-11-23(12-9-22)16-4-2-1-3-5-16;/h1-5,14-15H,6-13H2,(H,26,27);/q;+1/p-1. The second-order valence-electron chi connectivity index (χ2n) is 7.35. The van der Waals surface area contributed by atoms with E-state index in [1.807, 2.05) is 18.2 Å². The Kier molecular flexibility index (Phi) is 8.12. The van der Waals surface area contributed by atoms with Gasteiger partial charge in [-0.3, -0.25) is 18.8 Å². The average Bonchev–Trinajstić information content (AvgIpc) is 3.24. The van der Waals surface area contributed by atoms with E-state index in [1.54, 1.807) is 10.8 Å². The molecular weight excluding hydrogens is 427 g/mol. The topological polar surface area (TPSA) is 90.6 Å². The number of aromatic nitrogens is 2. The first kappa shape index (κ1) is 23.7. The summed E-state index contributed by atoms with van der Waals surface area (Å²) in [7, 11) is 0. The van der Waals surface area contributed by atoms with Gasteiger partial charge in [0.25, 0.3) is 5.56 Å². The fraction of sp³-hybridized carbons (Fsp3) is 0.381. The third-order valence-electron chi connectivity index (χ3n) is 5.54. The van der Waals surface area contributed by atoms with Crippen LogP contribution in [-0.4, -0.2) is 52.7 Å². The number of para-hydroxylation sites is 1. The van der Waals surface area contributed by atoms with Gasteiger partial charge in [-0.1, -0.05) is 18.2 Å². The monoisotopic (exact) mass is 450 g/mol. The largest absolute Gasteiger partial charge is 1.00 e. The van der Waals surface area contributed by atoms with E-state index in [9.17, 15) is 19.5 Å². The van der Waals surface area contributed by atoms with Crippen molar-refractivity contribution in [1.82, 2.24) is 14.0 Å². The number of hydrogen-bond donors (Lipinski definition) is 0. The number of piperazine rings is 1. The number of carbonyl (C=O) groups excluding carboxylic acids is 1. The molecule has 0 spiro atoms. The molecule has 0 bridgehead atoms. The molecule has 31 heavy (non-hydrogen) atoms. The van der Waals surface area contributed by atoms with Gasteiger partial charge in [0.2, 0.25) is 0 Å². The van der Waals surface area contributed by atoms with Crippen molar-refractivity contribution in [2.75, 3.05) is 37.6 Å². The van der Waals surface area contributed by atoms with Crippen molar-refractivity contribution >= 4 is 33.9 Å². The minimum atomic E-state index is -1.22. The van der Waals surface area contributed by atoms with E-state index < -0.39 is 11.7 Å². The predicted octanol–water partition coefficient (Wildman–Crippen LogP) is -2.81. The van der Waals surface area contributed by atoms with Crippen molar-refractivity contribution in [2.45, 2.75) is 19.5 Å². The van der Waals surface area contributed by atoms with E-state index in [1.165, 1.54) is 26.2 Å². The van der Waals surface area contributed by atoms with Gasteiger partial charge >= 0.3 is 35.2 Å². The Labute approximate surface area is 205 Å². The molecule has 0 atom stereocenters.